The number of thiol groups is 1. The van der Waals surface area contributed by atoms with E-state index in [1.165, 1.54) is 64.2 Å². The van der Waals surface area contributed by atoms with Crippen LogP contribution < -0.4 is 0 Å². The molecule has 0 amide bonds. The number of unbranched alkanes of at least 4 members (excludes halogenated alkanes) is 9. The van der Waals surface area contributed by atoms with Crippen LogP contribution in [-0.4, -0.2) is 10.4 Å². The van der Waals surface area contributed by atoms with E-state index in [0.717, 1.165) is 12.0 Å². The highest BCUT2D eigenvalue weighted by atomic mass is 32.1. The van der Waals surface area contributed by atoms with Gasteiger partial charge in [-0.05, 0) is 12.0 Å². The van der Waals surface area contributed by atoms with Crippen molar-refractivity contribution in [3.05, 3.63) is 35.9 Å². The van der Waals surface area contributed by atoms with Gasteiger partial charge in [-0.25, -0.2) is 0 Å². The average Bonchev–Trinajstić information content (AvgIpc) is 2.56. The van der Waals surface area contributed by atoms with Gasteiger partial charge < -0.3 is 5.11 Å². The molecule has 0 bridgehead atoms. The second-order valence-corrected chi connectivity index (χ2v) is 7.06. The van der Waals surface area contributed by atoms with Crippen LogP contribution >= 0.6 is 12.6 Å². The Balaban J connectivity index is 1.98. The lowest BCUT2D eigenvalue weighted by molar-refractivity contribution is 0.170. The molecule has 1 aromatic rings. The second-order valence-electron chi connectivity index (χ2n) is 6.39. The monoisotopic (exact) mass is 322 g/mol. The molecule has 0 saturated carbocycles. The first-order valence-electron chi connectivity index (χ1n) is 9.16. The van der Waals surface area contributed by atoms with Crippen molar-refractivity contribution in [3.63, 3.8) is 0 Å². The van der Waals surface area contributed by atoms with Crippen molar-refractivity contribution in [2.75, 3.05) is 0 Å². The molecule has 2 unspecified atom stereocenters. The highest BCUT2D eigenvalue weighted by Crippen LogP contribution is 2.25. The molecule has 0 radical (unpaired) electrons. The Kier molecular flexibility index (Phi) is 11.6. The first-order chi connectivity index (χ1) is 10.8. The van der Waals surface area contributed by atoms with Crippen LogP contribution in [0.2, 0.25) is 0 Å². The van der Waals surface area contributed by atoms with Gasteiger partial charge in [-0.3, -0.25) is 0 Å². The smallest absolute Gasteiger partial charge is 0.0906 e. The van der Waals surface area contributed by atoms with E-state index in [4.69, 9.17) is 0 Å². The Bertz CT molecular complexity index is 352. The standard InChI is InChI=1S/C20H34OS/c1-2-3-4-5-6-7-8-9-10-14-17-19(22)20(21)18-15-12-11-13-16-18/h11-13,15-16,19-22H,2-10,14,17H2,1H3. The first kappa shape index (κ1) is 19.6. The molecule has 2 atom stereocenters. The van der Waals surface area contributed by atoms with Crippen LogP contribution in [0.15, 0.2) is 30.3 Å². The summed E-state index contributed by atoms with van der Waals surface area (Å²) in [5.74, 6) is 0. The molecule has 0 fully saturated rings. The SMILES string of the molecule is CCCCCCCCCCCCC(S)C(O)c1ccccc1. The zero-order valence-corrected chi connectivity index (χ0v) is 15.1. The number of benzene rings is 1. The predicted molar refractivity (Wildman–Crippen MR) is 101 cm³/mol. The average molecular weight is 323 g/mol. The number of rotatable bonds is 13. The summed E-state index contributed by atoms with van der Waals surface area (Å²) in [6, 6.07) is 9.88. The number of aliphatic hydroxyl groups is 1. The van der Waals surface area contributed by atoms with Crippen LogP contribution in [0.4, 0.5) is 0 Å². The van der Waals surface area contributed by atoms with Gasteiger partial charge in [0.15, 0.2) is 0 Å². The molecule has 1 aromatic carbocycles. The van der Waals surface area contributed by atoms with Crippen molar-refractivity contribution in [2.24, 2.45) is 0 Å². The molecule has 126 valence electrons. The van der Waals surface area contributed by atoms with Gasteiger partial charge in [-0.15, -0.1) is 0 Å². The van der Waals surface area contributed by atoms with Gasteiger partial charge in [-0.2, -0.15) is 12.6 Å². The van der Waals surface area contributed by atoms with Crippen molar-refractivity contribution >= 4 is 12.6 Å². The van der Waals surface area contributed by atoms with Crippen molar-refractivity contribution in [3.8, 4) is 0 Å². The van der Waals surface area contributed by atoms with Gasteiger partial charge in [0.05, 0.1) is 6.10 Å². The molecule has 0 aliphatic rings. The van der Waals surface area contributed by atoms with E-state index < -0.39 is 6.10 Å². The molecule has 22 heavy (non-hydrogen) atoms. The fourth-order valence-electron chi connectivity index (χ4n) is 2.87. The summed E-state index contributed by atoms with van der Waals surface area (Å²) in [7, 11) is 0. The molecular weight excluding hydrogens is 288 g/mol. The summed E-state index contributed by atoms with van der Waals surface area (Å²) in [6.45, 7) is 2.27. The van der Waals surface area contributed by atoms with E-state index >= 15 is 0 Å². The second kappa shape index (κ2) is 13.0. The van der Waals surface area contributed by atoms with Crippen LogP contribution in [0, 0.1) is 0 Å². The van der Waals surface area contributed by atoms with Gasteiger partial charge in [0, 0.05) is 5.25 Å². The van der Waals surface area contributed by atoms with E-state index in [9.17, 15) is 5.11 Å². The number of hydrogen-bond acceptors (Lipinski definition) is 2. The minimum atomic E-state index is -0.442. The fourth-order valence-corrected chi connectivity index (χ4v) is 3.23. The zero-order chi connectivity index (χ0) is 16.0. The van der Waals surface area contributed by atoms with Gasteiger partial charge in [0.2, 0.25) is 0 Å². The predicted octanol–water partition coefficient (Wildman–Crippen LogP) is 6.33. The maximum Gasteiger partial charge on any atom is 0.0906 e. The van der Waals surface area contributed by atoms with Gasteiger partial charge >= 0.3 is 0 Å². The van der Waals surface area contributed by atoms with Gasteiger partial charge in [0.1, 0.15) is 0 Å². The summed E-state index contributed by atoms with van der Waals surface area (Å²) in [4.78, 5) is 0. The molecular formula is C20H34OS. The minimum Gasteiger partial charge on any atom is -0.387 e. The van der Waals surface area contributed by atoms with Crippen LogP contribution in [0.5, 0.6) is 0 Å². The molecule has 1 nitrogen and oxygen atoms in total. The molecule has 1 rings (SSSR count). The van der Waals surface area contributed by atoms with Crippen molar-refractivity contribution in [1.29, 1.82) is 0 Å². The van der Waals surface area contributed by atoms with Crippen molar-refractivity contribution in [2.45, 2.75) is 88.9 Å². The van der Waals surface area contributed by atoms with E-state index in [0.29, 0.717) is 0 Å². The summed E-state index contributed by atoms with van der Waals surface area (Å²) in [5.41, 5.74) is 0.981. The first-order valence-corrected chi connectivity index (χ1v) is 9.68. The van der Waals surface area contributed by atoms with Crippen LogP contribution in [0.3, 0.4) is 0 Å². The highest BCUT2D eigenvalue weighted by molar-refractivity contribution is 7.81. The topological polar surface area (TPSA) is 20.2 Å². The van der Waals surface area contributed by atoms with E-state index in [1.807, 2.05) is 30.3 Å². The van der Waals surface area contributed by atoms with Crippen LogP contribution in [0.25, 0.3) is 0 Å². The van der Waals surface area contributed by atoms with E-state index in [1.54, 1.807) is 0 Å². The Morgan fingerprint density at radius 1 is 0.818 bits per heavy atom. The minimum absolute atomic E-state index is 0.0523. The maximum absolute atomic E-state index is 10.3. The maximum atomic E-state index is 10.3. The number of hydrogen-bond donors (Lipinski definition) is 2. The summed E-state index contributed by atoms with van der Waals surface area (Å²) >= 11 is 4.58. The molecule has 0 aliphatic heterocycles. The van der Waals surface area contributed by atoms with Crippen LogP contribution in [-0.2, 0) is 0 Å². The lowest BCUT2D eigenvalue weighted by Crippen LogP contribution is -2.12. The Morgan fingerprint density at radius 3 is 1.86 bits per heavy atom. The van der Waals surface area contributed by atoms with Crippen LogP contribution in [0.1, 0.15) is 89.2 Å². The molecule has 0 spiro atoms. The molecule has 0 heterocycles. The Morgan fingerprint density at radius 2 is 1.32 bits per heavy atom. The normalized spacial score (nSPS) is 14.0. The third-order valence-corrected chi connectivity index (χ3v) is 4.90. The fraction of sp³-hybridized carbons (Fsp3) is 0.700. The lowest BCUT2D eigenvalue weighted by Gasteiger charge is -2.18. The molecule has 1 N–H and O–H groups in total. The zero-order valence-electron chi connectivity index (χ0n) is 14.2. The van der Waals surface area contributed by atoms with Crippen molar-refractivity contribution < 1.29 is 5.11 Å². The van der Waals surface area contributed by atoms with Crippen molar-refractivity contribution in [1.82, 2.24) is 0 Å². The lowest BCUT2D eigenvalue weighted by atomic mass is 10.0. The summed E-state index contributed by atoms with van der Waals surface area (Å²) < 4.78 is 0. The molecule has 0 saturated heterocycles. The largest absolute Gasteiger partial charge is 0.387 e. The number of aliphatic hydroxyl groups excluding tert-OH is 1. The third-order valence-electron chi connectivity index (χ3n) is 4.36. The molecule has 0 aromatic heterocycles. The highest BCUT2D eigenvalue weighted by Gasteiger charge is 2.16. The van der Waals surface area contributed by atoms with E-state index in [-0.39, 0.29) is 5.25 Å². The quantitative estimate of drug-likeness (QED) is 0.321. The third kappa shape index (κ3) is 8.85. The summed E-state index contributed by atoms with van der Waals surface area (Å²) in [6.07, 6.45) is 14.0. The Hall–Kier alpha value is -0.470. The molecule has 2 heteroatoms. The molecule has 0 aliphatic carbocycles. The van der Waals surface area contributed by atoms with Gasteiger partial charge in [-0.1, -0.05) is 101 Å². The Labute approximate surface area is 142 Å². The van der Waals surface area contributed by atoms with E-state index in [2.05, 4.69) is 19.6 Å². The van der Waals surface area contributed by atoms with Gasteiger partial charge in [0.25, 0.3) is 0 Å². The summed E-state index contributed by atoms with van der Waals surface area (Å²) in [5, 5.41) is 10.3.